The zero-order valence-corrected chi connectivity index (χ0v) is 17.0. The van der Waals surface area contributed by atoms with Crippen molar-refractivity contribution >= 4 is 29.3 Å². The maximum atomic E-state index is 13.2. The number of carbonyl (C=O) groups excluding carboxylic acids is 1. The van der Waals surface area contributed by atoms with E-state index in [2.05, 4.69) is 4.90 Å². The van der Waals surface area contributed by atoms with Gasteiger partial charge in [-0.2, -0.15) is 0 Å². The van der Waals surface area contributed by atoms with Crippen molar-refractivity contribution in [2.24, 2.45) is 0 Å². The molecular weight excluding hydrogens is 389 g/mol. The normalized spacial score (nSPS) is 22.2. The van der Waals surface area contributed by atoms with Crippen LogP contribution in [0, 0.1) is 5.82 Å². The molecule has 0 radical (unpaired) electrons. The van der Waals surface area contributed by atoms with Crippen LogP contribution < -0.4 is 5.73 Å². The van der Waals surface area contributed by atoms with Crippen molar-refractivity contribution in [3.05, 3.63) is 70.5 Å². The van der Waals surface area contributed by atoms with Gasteiger partial charge in [0, 0.05) is 48.5 Å². The number of fused-ring (bicyclic) bond motifs is 2. The maximum Gasteiger partial charge on any atom is 0.247 e. The summed E-state index contributed by atoms with van der Waals surface area (Å²) in [6, 6.07) is 12.4. The van der Waals surface area contributed by atoms with Crippen molar-refractivity contribution in [1.29, 1.82) is 0 Å². The van der Waals surface area contributed by atoms with Gasteiger partial charge in [-0.15, -0.1) is 0 Å². The lowest BCUT2D eigenvalue weighted by atomic mass is 9.90. The highest BCUT2D eigenvalue weighted by molar-refractivity contribution is 6.30. The minimum atomic E-state index is -0.214. The Hall–Kier alpha value is -2.37. The zero-order valence-electron chi connectivity index (χ0n) is 16.2. The van der Waals surface area contributed by atoms with Crippen molar-refractivity contribution in [1.82, 2.24) is 9.80 Å². The van der Waals surface area contributed by atoms with Crippen molar-refractivity contribution < 1.29 is 9.18 Å². The standard InChI is InChI=1S/C23H25ClFN3O/c24-18-8-6-17(22(26)12-18)7-11-23(29)28-20-2-1-3-21(28)15-27(14-20)13-16-4-9-19(25)10-5-16/h4-12,20-21H,1-3,13-15,26H2. The molecule has 4 nitrogen and oxygen atoms in total. The zero-order chi connectivity index (χ0) is 20.4. The fourth-order valence-electron chi connectivity index (χ4n) is 4.48. The molecular formula is C23H25ClFN3O. The Morgan fingerprint density at radius 1 is 1.14 bits per heavy atom. The number of nitrogens with two attached hydrogens (primary N) is 1. The molecule has 2 saturated heterocycles. The van der Waals surface area contributed by atoms with E-state index >= 15 is 0 Å². The first kappa shape index (κ1) is 19.9. The highest BCUT2D eigenvalue weighted by Crippen LogP contribution is 2.30. The number of likely N-dealkylation sites (tertiary alicyclic amines) is 1. The summed E-state index contributed by atoms with van der Waals surface area (Å²) in [4.78, 5) is 17.4. The second-order valence-corrected chi connectivity index (χ2v) is 8.35. The Morgan fingerprint density at radius 2 is 1.83 bits per heavy atom. The summed E-state index contributed by atoms with van der Waals surface area (Å²) in [5, 5.41) is 0.581. The predicted molar refractivity (Wildman–Crippen MR) is 115 cm³/mol. The molecule has 1 amide bonds. The summed E-state index contributed by atoms with van der Waals surface area (Å²) in [7, 11) is 0. The molecule has 2 atom stereocenters. The van der Waals surface area contributed by atoms with Crippen molar-refractivity contribution in [2.45, 2.75) is 37.9 Å². The Balaban J connectivity index is 1.44. The number of rotatable bonds is 4. The average molecular weight is 414 g/mol. The van der Waals surface area contributed by atoms with E-state index < -0.39 is 0 Å². The van der Waals surface area contributed by atoms with E-state index in [1.54, 1.807) is 24.3 Å². The van der Waals surface area contributed by atoms with Gasteiger partial charge in [0.1, 0.15) is 5.82 Å². The molecule has 0 aliphatic carbocycles. The first-order chi connectivity index (χ1) is 14.0. The minimum absolute atomic E-state index is 0.0375. The third-order valence-electron chi connectivity index (χ3n) is 5.83. The first-order valence-electron chi connectivity index (χ1n) is 10.0. The SMILES string of the molecule is Nc1cc(Cl)ccc1C=CC(=O)N1C2CCCC1CN(Cc1ccc(F)cc1)C2. The minimum Gasteiger partial charge on any atom is -0.398 e. The monoisotopic (exact) mass is 413 g/mol. The maximum absolute atomic E-state index is 13.2. The highest BCUT2D eigenvalue weighted by atomic mass is 35.5. The van der Waals surface area contributed by atoms with Gasteiger partial charge < -0.3 is 10.6 Å². The largest absolute Gasteiger partial charge is 0.398 e. The quantitative estimate of drug-likeness (QED) is 0.599. The second-order valence-electron chi connectivity index (χ2n) is 7.91. The van der Waals surface area contributed by atoms with E-state index in [4.69, 9.17) is 17.3 Å². The molecule has 2 aliphatic heterocycles. The number of hydrogen-bond donors (Lipinski definition) is 1. The Labute approximate surface area is 175 Å². The number of hydrogen-bond acceptors (Lipinski definition) is 3. The number of benzene rings is 2. The van der Waals surface area contributed by atoms with E-state index in [0.29, 0.717) is 10.7 Å². The molecule has 29 heavy (non-hydrogen) atoms. The molecule has 2 fully saturated rings. The van der Waals surface area contributed by atoms with Gasteiger partial charge >= 0.3 is 0 Å². The van der Waals surface area contributed by atoms with Crippen LogP contribution in [-0.4, -0.2) is 40.9 Å². The van der Waals surface area contributed by atoms with Gasteiger partial charge in [0.25, 0.3) is 0 Å². The van der Waals surface area contributed by atoms with Crippen molar-refractivity contribution in [3.8, 4) is 0 Å². The van der Waals surface area contributed by atoms with Gasteiger partial charge in [-0.1, -0.05) is 29.8 Å². The number of piperidine rings is 1. The topological polar surface area (TPSA) is 49.6 Å². The molecule has 4 rings (SSSR count). The van der Waals surface area contributed by atoms with Crippen LogP contribution in [-0.2, 0) is 11.3 Å². The number of nitrogen functional groups attached to an aromatic ring is 1. The summed E-state index contributed by atoms with van der Waals surface area (Å²) in [5.41, 5.74) is 8.44. The Morgan fingerprint density at radius 3 is 2.48 bits per heavy atom. The number of amides is 1. The van der Waals surface area contributed by atoms with Gasteiger partial charge in [-0.25, -0.2) is 4.39 Å². The van der Waals surface area contributed by atoms with Gasteiger partial charge in [0.05, 0.1) is 0 Å². The van der Waals surface area contributed by atoms with Crippen LogP contribution in [0.3, 0.4) is 0 Å². The van der Waals surface area contributed by atoms with Crippen LogP contribution in [0.1, 0.15) is 30.4 Å². The van der Waals surface area contributed by atoms with Crippen molar-refractivity contribution in [2.75, 3.05) is 18.8 Å². The van der Waals surface area contributed by atoms with Gasteiger partial charge in [-0.3, -0.25) is 9.69 Å². The van der Waals surface area contributed by atoms with Crippen LogP contribution in [0.4, 0.5) is 10.1 Å². The second kappa shape index (κ2) is 8.56. The van der Waals surface area contributed by atoms with Crippen LogP contribution in [0.15, 0.2) is 48.5 Å². The molecule has 6 heteroatoms. The third kappa shape index (κ3) is 4.62. The summed E-state index contributed by atoms with van der Waals surface area (Å²) < 4.78 is 13.2. The lowest BCUT2D eigenvalue weighted by molar-refractivity contribution is -0.137. The molecule has 2 aromatic carbocycles. The molecule has 2 aliphatic rings. The van der Waals surface area contributed by atoms with E-state index in [-0.39, 0.29) is 23.8 Å². The number of anilines is 1. The fourth-order valence-corrected chi connectivity index (χ4v) is 4.66. The van der Waals surface area contributed by atoms with Crippen LogP contribution in [0.25, 0.3) is 6.08 Å². The fraction of sp³-hybridized carbons (Fsp3) is 0.348. The molecule has 2 bridgehead atoms. The molecule has 2 heterocycles. The van der Waals surface area contributed by atoms with E-state index in [1.807, 2.05) is 23.1 Å². The lowest BCUT2D eigenvalue weighted by Crippen LogP contribution is -2.61. The molecule has 0 aromatic heterocycles. The summed E-state index contributed by atoms with van der Waals surface area (Å²) >= 11 is 5.94. The molecule has 0 saturated carbocycles. The molecule has 2 unspecified atom stereocenters. The van der Waals surface area contributed by atoms with E-state index in [9.17, 15) is 9.18 Å². The van der Waals surface area contributed by atoms with Gasteiger partial charge in [0.15, 0.2) is 0 Å². The lowest BCUT2D eigenvalue weighted by Gasteiger charge is -2.50. The van der Waals surface area contributed by atoms with Crippen LogP contribution in [0.5, 0.6) is 0 Å². The summed E-state index contributed by atoms with van der Waals surface area (Å²) in [6.07, 6.45) is 6.57. The summed E-state index contributed by atoms with van der Waals surface area (Å²) in [5.74, 6) is -0.176. The number of carbonyl (C=O) groups is 1. The molecule has 2 aromatic rings. The number of piperazine rings is 1. The molecule has 2 N–H and O–H groups in total. The molecule has 0 spiro atoms. The Bertz CT molecular complexity index is 901. The highest BCUT2D eigenvalue weighted by Gasteiger charge is 2.39. The Kier molecular flexibility index (Phi) is 5.88. The van der Waals surface area contributed by atoms with Gasteiger partial charge in [0.2, 0.25) is 5.91 Å². The number of halogens is 2. The van der Waals surface area contributed by atoms with Gasteiger partial charge in [-0.05, 0) is 60.7 Å². The van der Waals surface area contributed by atoms with E-state index in [0.717, 1.165) is 50.0 Å². The first-order valence-corrected chi connectivity index (χ1v) is 10.4. The molecule has 152 valence electrons. The average Bonchev–Trinajstić information content (AvgIpc) is 2.68. The van der Waals surface area contributed by atoms with Crippen molar-refractivity contribution in [3.63, 3.8) is 0 Å². The third-order valence-corrected chi connectivity index (χ3v) is 6.06. The summed E-state index contributed by atoms with van der Waals surface area (Å²) in [6.45, 7) is 2.47. The van der Waals surface area contributed by atoms with Crippen LogP contribution >= 0.6 is 11.6 Å². The van der Waals surface area contributed by atoms with Crippen LogP contribution in [0.2, 0.25) is 5.02 Å². The smallest absolute Gasteiger partial charge is 0.247 e. The van der Waals surface area contributed by atoms with E-state index in [1.165, 1.54) is 12.1 Å². The predicted octanol–water partition coefficient (Wildman–Crippen LogP) is 4.34. The number of nitrogens with zero attached hydrogens (tertiary/aromatic N) is 2.